The van der Waals surface area contributed by atoms with E-state index in [0.717, 1.165) is 25.4 Å². The molecule has 104 valence electrons. The normalized spacial score (nSPS) is 20.6. The first kappa shape index (κ1) is 15.6. The average molecular weight is 249 g/mol. The molecule has 0 heterocycles. The van der Waals surface area contributed by atoms with Gasteiger partial charge in [-0.3, -0.25) is 0 Å². The Morgan fingerprint density at radius 3 is 1.83 bits per heavy atom. The monoisotopic (exact) mass is 249 g/mol. The first-order valence-corrected chi connectivity index (χ1v) is 8.10. The van der Waals surface area contributed by atoms with Crippen LogP contribution in [0.5, 0.6) is 0 Å². The lowest BCUT2D eigenvalue weighted by Gasteiger charge is -2.19. The minimum Gasteiger partial charge on any atom is -0.314 e. The summed E-state index contributed by atoms with van der Waals surface area (Å²) in [6.07, 6.45) is 23.0. The van der Waals surface area contributed by atoms with Crippen molar-refractivity contribution in [2.45, 2.75) is 89.5 Å². The number of hydrogen-bond acceptors (Lipinski definition) is 1. The minimum atomic E-state index is 0.752. The molecule has 18 heavy (non-hydrogen) atoms. The van der Waals surface area contributed by atoms with Gasteiger partial charge in [-0.25, -0.2) is 0 Å². The quantitative estimate of drug-likeness (QED) is 0.564. The average Bonchev–Trinajstić information content (AvgIpc) is 2.37. The Morgan fingerprint density at radius 1 is 0.833 bits per heavy atom. The highest BCUT2D eigenvalue weighted by Crippen LogP contribution is 2.16. The van der Waals surface area contributed by atoms with Crippen molar-refractivity contribution in [3.63, 3.8) is 0 Å². The molecule has 1 aliphatic rings. The smallest absolute Gasteiger partial charge is 0.00981 e. The summed E-state index contributed by atoms with van der Waals surface area (Å²) < 4.78 is 0. The fourth-order valence-electron chi connectivity index (χ4n) is 2.86. The fraction of sp³-hybridized carbons (Fsp3) is 0.882. The lowest BCUT2D eigenvalue weighted by molar-refractivity contribution is 0.403. The summed E-state index contributed by atoms with van der Waals surface area (Å²) in [5, 5.41) is 3.71. The predicted molar refractivity (Wildman–Crippen MR) is 80.6 cm³/mol. The van der Waals surface area contributed by atoms with Gasteiger partial charge in [-0.2, -0.15) is 0 Å². The highest BCUT2D eigenvalue weighted by atomic mass is 14.9. The van der Waals surface area contributed by atoms with Crippen LogP contribution in [0.15, 0.2) is 0 Å². The molecule has 0 amide bonds. The van der Waals surface area contributed by atoms with Crippen molar-refractivity contribution in [2.24, 2.45) is 0 Å². The van der Waals surface area contributed by atoms with Gasteiger partial charge in [-0.05, 0) is 25.8 Å². The van der Waals surface area contributed by atoms with Crippen LogP contribution < -0.4 is 5.32 Å². The first-order valence-electron chi connectivity index (χ1n) is 8.10. The van der Waals surface area contributed by atoms with E-state index in [1.807, 2.05) is 0 Å². The molecule has 0 saturated heterocycles. The third kappa shape index (κ3) is 8.59. The molecule has 1 N–H and O–H groups in total. The van der Waals surface area contributed by atoms with Crippen molar-refractivity contribution in [3.05, 3.63) is 0 Å². The van der Waals surface area contributed by atoms with Crippen molar-refractivity contribution in [1.29, 1.82) is 0 Å². The second kappa shape index (κ2) is 11.6. The predicted octanol–water partition coefficient (Wildman–Crippen LogP) is 4.66. The van der Waals surface area contributed by atoms with Gasteiger partial charge in [-0.15, -0.1) is 12.3 Å². The van der Waals surface area contributed by atoms with E-state index in [1.165, 1.54) is 70.6 Å². The van der Waals surface area contributed by atoms with E-state index >= 15 is 0 Å². The molecule has 1 heteroatoms. The van der Waals surface area contributed by atoms with Gasteiger partial charge in [0.2, 0.25) is 0 Å². The van der Waals surface area contributed by atoms with Gasteiger partial charge in [0, 0.05) is 12.5 Å². The van der Waals surface area contributed by atoms with Crippen LogP contribution in [0.25, 0.3) is 0 Å². The van der Waals surface area contributed by atoms with Gasteiger partial charge in [0.25, 0.3) is 0 Å². The summed E-state index contributed by atoms with van der Waals surface area (Å²) in [7, 11) is 0. The van der Waals surface area contributed by atoms with Gasteiger partial charge < -0.3 is 5.32 Å². The van der Waals surface area contributed by atoms with E-state index in [9.17, 15) is 0 Å². The summed E-state index contributed by atoms with van der Waals surface area (Å²) in [6, 6.07) is 0.752. The van der Waals surface area contributed by atoms with Crippen molar-refractivity contribution in [3.8, 4) is 12.3 Å². The molecule has 0 aromatic rings. The van der Waals surface area contributed by atoms with Crippen LogP contribution in [0.4, 0.5) is 0 Å². The molecule has 0 unspecified atom stereocenters. The zero-order chi connectivity index (χ0) is 12.9. The Labute approximate surface area is 114 Å². The summed E-state index contributed by atoms with van der Waals surface area (Å²) in [6.45, 7) is 1.11. The number of hydrogen-bond donors (Lipinski definition) is 1. The zero-order valence-corrected chi connectivity index (χ0v) is 12.1. The van der Waals surface area contributed by atoms with E-state index in [4.69, 9.17) is 6.42 Å². The molecule has 0 aromatic heterocycles. The summed E-state index contributed by atoms with van der Waals surface area (Å²) >= 11 is 0. The molecule has 1 aliphatic carbocycles. The van der Waals surface area contributed by atoms with Crippen LogP contribution in [0.3, 0.4) is 0 Å². The van der Waals surface area contributed by atoms with E-state index < -0.39 is 0 Å². The molecule has 0 radical (unpaired) electrons. The third-order valence-electron chi connectivity index (χ3n) is 4.04. The van der Waals surface area contributed by atoms with Crippen LogP contribution in [-0.2, 0) is 0 Å². The Bertz CT molecular complexity index is 204. The van der Waals surface area contributed by atoms with Crippen molar-refractivity contribution < 1.29 is 0 Å². The van der Waals surface area contributed by atoms with Gasteiger partial charge in [0.1, 0.15) is 0 Å². The molecular weight excluding hydrogens is 218 g/mol. The molecule has 1 rings (SSSR count). The van der Waals surface area contributed by atoms with E-state index in [2.05, 4.69) is 11.2 Å². The highest BCUT2D eigenvalue weighted by molar-refractivity contribution is 4.83. The van der Waals surface area contributed by atoms with Crippen LogP contribution in [0, 0.1) is 12.3 Å². The molecule has 0 aliphatic heterocycles. The standard InChI is InChI=1S/C17H31N/c1-2-3-13-16-18-17-14-11-9-7-5-4-6-8-10-12-15-17/h1,17-18H,3-16H2. The number of rotatable bonds is 4. The van der Waals surface area contributed by atoms with Gasteiger partial charge >= 0.3 is 0 Å². The lowest BCUT2D eigenvalue weighted by atomic mass is 9.98. The van der Waals surface area contributed by atoms with Crippen LogP contribution in [0.1, 0.15) is 83.5 Å². The first-order chi connectivity index (χ1) is 8.93. The van der Waals surface area contributed by atoms with Gasteiger partial charge in [0.15, 0.2) is 0 Å². The molecule has 0 spiro atoms. The Kier molecular flexibility index (Phi) is 10.0. The molecule has 0 aromatic carbocycles. The largest absolute Gasteiger partial charge is 0.314 e. The number of nitrogens with one attached hydrogen (secondary N) is 1. The maximum atomic E-state index is 5.29. The number of terminal acetylenes is 1. The van der Waals surface area contributed by atoms with Gasteiger partial charge in [0.05, 0.1) is 0 Å². The zero-order valence-electron chi connectivity index (χ0n) is 12.1. The Hall–Kier alpha value is -0.480. The Morgan fingerprint density at radius 2 is 1.33 bits per heavy atom. The highest BCUT2D eigenvalue weighted by Gasteiger charge is 2.08. The van der Waals surface area contributed by atoms with Crippen molar-refractivity contribution in [2.75, 3.05) is 6.54 Å². The Balaban J connectivity index is 2.17. The number of unbranched alkanes of at least 4 members (excludes halogenated alkanes) is 1. The molecular formula is C17H31N. The summed E-state index contributed by atoms with van der Waals surface area (Å²) in [4.78, 5) is 0. The molecule has 1 nitrogen and oxygen atoms in total. The van der Waals surface area contributed by atoms with Crippen LogP contribution in [0.2, 0.25) is 0 Å². The minimum absolute atomic E-state index is 0.752. The lowest BCUT2D eigenvalue weighted by Crippen LogP contribution is -2.30. The molecule has 0 bridgehead atoms. The maximum absolute atomic E-state index is 5.29. The van der Waals surface area contributed by atoms with Crippen LogP contribution >= 0.6 is 0 Å². The fourth-order valence-corrected chi connectivity index (χ4v) is 2.86. The van der Waals surface area contributed by atoms with E-state index in [1.54, 1.807) is 0 Å². The second-order valence-electron chi connectivity index (χ2n) is 5.72. The topological polar surface area (TPSA) is 12.0 Å². The van der Waals surface area contributed by atoms with Gasteiger partial charge in [-0.1, -0.05) is 57.8 Å². The summed E-state index contributed by atoms with van der Waals surface area (Å²) in [5.74, 6) is 2.72. The molecule has 0 atom stereocenters. The molecule has 1 fully saturated rings. The van der Waals surface area contributed by atoms with Crippen LogP contribution in [-0.4, -0.2) is 12.6 Å². The van der Waals surface area contributed by atoms with Crippen molar-refractivity contribution in [1.82, 2.24) is 5.32 Å². The molecule has 1 saturated carbocycles. The second-order valence-corrected chi connectivity index (χ2v) is 5.72. The van der Waals surface area contributed by atoms with E-state index in [0.29, 0.717) is 0 Å². The SMILES string of the molecule is C#CCCCNC1CCCCCCCCCCC1. The van der Waals surface area contributed by atoms with E-state index in [-0.39, 0.29) is 0 Å². The maximum Gasteiger partial charge on any atom is 0.00981 e. The van der Waals surface area contributed by atoms with Crippen molar-refractivity contribution >= 4 is 0 Å². The summed E-state index contributed by atoms with van der Waals surface area (Å²) in [5.41, 5.74) is 0. The third-order valence-corrected chi connectivity index (χ3v) is 4.04.